The minimum atomic E-state index is -4.39. The number of esters is 1. The first-order valence-corrected chi connectivity index (χ1v) is 6.03. The Morgan fingerprint density at radius 3 is 2.58 bits per heavy atom. The quantitative estimate of drug-likeness (QED) is 0.794. The molecule has 0 unspecified atom stereocenters. The Hall–Kier alpha value is -1.59. The van der Waals surface area contributed by atoms with Crippen LogP contribution < -0.4 is 0 Å². The predicted octanol–water partition coefficient (Wildman–Crippen LogP) is 3.16. The van der Waals surface area contributed by atoms with Crippen LogP contribution in [0.3, 0.4) is 0 Å². The average Bonchev–Trinajstić information content (AvgIpc) is 3.08. The number of carbonyl (C=O) groups is 1. The van der Waals surface area contributed by atoms with Crippen molar-refractivity contribution >= 4 is 5.97 Å². The van der Waals surface area contributed by atoms with E-state index >= 15 is 0 Å². The molecule has 0 bridgehead atoms. The van der Waals surface area contributed by atoms with Crippen molar-refractivity contribution in [2.24, 2.45) is 0 Å². The number of carbonyl (C=O) groups excluding carboxylic acids is 1. The topological polar surface area (TPSA) is 39.2 Å². The molecule has 0 amide bonds. The van der Waals surface area contributed by atoms with Crippen molar-refractivity contribution < 1.29 is 22.7 Å². The maximum absolute atomic E-state index is 13.2. The molecule has 0 atom stereocenters. The number of aromatic nitrogens is 1. The number of pyridine rings is 1. The van der Waals surface area contributed by atoms with E-state index in [2.05, 4.69) is 4.98 Å². The SMILES string of the molecule is CCOC(=O)c1c(C)ccnc1C1(C(F)(F)F)CC1. The highest BCUT2D eigenvalue weighted by Gasteiger charge is 2.66. The Labute approximate surface area is 108 Å². The van der Waals surface area contributed by atoms with Crippen molar-refractivity contribution in [1.82, 2.24) is 4.98 Å². The third kappa shape index (κ3) is 2.19. The summed E-state index contributed by atoms with van der Waals surface area (Å²) in [4.78, 5) is 15.7. The minimum Gasteiger partial charge on any atom is -0.462 e. The summed E-state index contributed by atoms with van der Waals surface area (Å²) in [5.41, 5.74) is -1.75. The zero-order valence-corrected chi connectivity index (χ0v) is 10.7. The van der Waals surface area contributed by atoms with Gasteiger partial charge in [-0.05, 0) is 38.3 Å². The Balaban J connectivity index is 2.53. The lowest BCUT2D eigenvalue weighted by Gasteiger charge is -2.21. The maximum atomic E-state index is 13.2. The summed E-state index contributed by atoms with van der Waals surface area (Å²) in [6.45, 7) is 3.31. The number of aryl methyl sites for hydroxylation is 1. The summed E-state index contributed by atoms with van der Waals surface area (Å²) in [7, 11) is 0. The van der Waals surface area contributed by atoms with Crippen LogP contribution in [-0.4, -0.2) is 23.7 Å². The monoisotopic (exact) mass is 273 g/mol. The van der Waals surface area contributed by atoms with Gasteiger partial charge in [-0.2, -0.15) is 13.2 Å². The van der Waals surface area contributed by atoms with Gasteiger partial charge in [-0.1, -0.05) is 0 Å². The van der Waals surface area contributed by atoms with Crippen LogP contribution in [0.4, 0.5) is 13.2 Å². The van der Waals surface area contributed by atoms with Crippen LogP contribution in [0.15, 0.2) is 12.3 Å². The molecule has 0 aromatic carbocycles. The highest BCUT2D eigenvalue weighted by molar-refractivity contribution is 5.92. The molecule has 0 aliphatic heterocycles. The number of hydrogen-bond donors (Lipinski definition) is 0. The smallest absolute Gasteiger partial charge is 0.399 e. The molecule has 6 heteroatoms. The molecule has 19 heavy (non-hydrogen) atoms. The zero-order valence-electron chi connectivity index (χ0n) is 10.7. The van der Waals surface area contributed by atoms with Gasteiger partial charge in [0, 0.05) is 6.20 Å². The van der Waals surface area contributed by atoms with Gasteiger partial charge in [0.15, 0.2) is 0 Å². The normalized spacial score (nSPS) is 17.1. The van der Waals surface area contributed by atoms with Gasteiger partial charge in [-0.25, -0.2) is 4.79 Å². The molecule has 1 aromatic rings. The van der Waals surface area contributed by atoms with Crippen LogP contribution in [0.25, 0.3) is 0 Å². The van der Waals surface area contributed by atoms with E-state index in [4.69, 9.17) is 4.74 Å². The molecule has 0 N–H and O–H groups in total. The summed E-state index contributed by atoms with van der Waals surface area (Å²) >= 11 is 0. The standard InChI is InChI=1S/C13H14F3NO2/c1-3-19-11(18)9-8(2)4-7-17-10(9)12(5-6-12)13(14,15)16/h4,7H,3,5-6H2,1-2H3. The fourth-order valence-corrected chi connectivity index (χ4v) is 2.16. The molecule has 1 aromatic heterocycles. The maximum Gasteiger partial charge on any atom is 0.399 e. The van der Waals surface area contributed by atoms with E-state index in [9.17, 15) is 18.0 Å². The second-order valence-electron chi connectivity index (χ2n) is 4.65. The fourth-order valence-electron chi connectivity index (χ4n) is 2.16. The molecule has 1 aliphatic carbocycles. The van der Waals surface area contributed by atoms with E-state index < -0.39 is 17.6 Å². The Morgan fingerprint density at radius 2 is 2.11 bits per heavy atom. The van der Waals surface area contributed by atoms with Gasteiger partial charge >= 0.3 is 12.1 Å². The number of hydrogen-bond acceptors (Lipinski definition) is 3. The number of alkyl halides is 3. The van der Waals surface area contributed by atoms with E-state index in [1.807, 2.05) is 0 Å². The van der Waals surface area contributed by atoms with Crippen LogP contribution in [0.2, 0.25) is 0 Å². The summed E-state index contributed by atoms with van der Waals surface area (Å²) in [5.74, 6) is -0.737. The number of halogens is 3. The van der Waals surface area contributed by atoms with Crippen LogP contribution in [0.1, 0.15) is 41.4 Å². The second-order valence-corrected chi connectivity index (χ2v) is 4.65. The molecule has 0 spiro atoms. The van der Waals surface area contributed by atoms with Gasteiger partial charge in [-0.3, -0.25) is 4.98 Å². The molecule has 1 fully saturated rings. The Morgan fingerprint density at radius 1 is 1.47 bits per heavy atom. The van der Waals surface area contributed by atoms with Gasteiger partial charge < -0.3 is 4.74 Å². The molecule has 0 radical (unpaired) electrons. The van der Waals surface area contributed by atoms with Crippen molar-refractivity contribution in [3.8, 4) is 0 Å². The molecular weight excluding hydrogens is 259 g/mol. The summed E-state index contributed by atoms with van der Waals surface area (Å²) in [6.07, 6.45) is -3.15. The van der Waals surface area contributed by atoms with Gasteiger partial charge in [0.1, 0.15) is 5.41 Å². The number of rotatable bonds is 3. The van der Waals surface area contributed by atoms with E-state index in [-0.39, 0.29) is 30.7 Å². The summed E-state index contributed by atoms with van der Waals surface area (Å²) in [5, 5.41) is 0. The van der Waals surface area contributed by atoms with E-state index in [1.54, 1.807) is 13.8 Å². The molecule has 1 saturated carbocycles. The predicted molar refractivity (Wildman–Crippen MR) is 61.9 cm³/mol. The molecule has 1 aliphatic rings. The lowest BCUT2D eigenvalue weighted by Crippen LogP contribution is -2.32. The minimum absolute atomic E-state index is 0.0284. The van der Waals surface area contributed by atoms with Gasteiger partial charge in [0.2, 0.25) is 0 Å². The lowest BCUT2D eigenvalue weighted by atomic mass is 9.94. The van der Waals surface area contributed by atoms with Crippen LogP contribution in [-0.2, 0) is 10.2 Å². The Kier molecular flexibility index (Phi) is 3.28. The fraction of sp³-hybridized carbons (Fsp3) is 0.538. The lowest BCUT2D eigenvalue weighted by molar-refractivity contribution is -0.161. The van der Waals surface area contributed by atoms with E-state index in [0.717, 1.165) is 0 Å². The molecular formula is C13H14F3NO2. The van der Waals surface area contributed by atoms with Gasteiger partial charge in [-0.15, -0.1) is 0 Å². The van der Waals surface area contributed by atoms with Gasteiger partial charge in [0.05, 0.1) is 17.9 Å². The first kappa shape index (κ1) is 13.8. The number of nitrogens with zero attached hydrogens (tertiary/aromatic N) is 1. The molecule has 2 rings (SSSR count). The van der Waals surface area contributed by atoms with Gasteiger partial charge in [0.25, 0.3) is 0 Å². The van der Waals surface area contributed by atoms with Crippen molar-refractivity contribution in [2.45, 2.75) is 38.3 Å². The van der Waals surface area contributed by atoms with Crippen LogP contribution >= 0.6 is 0 Å². The van der Waals surface area contributed by atoms with E-state index in [1.165, 1.54) is 12.3 Å². The molecule has 1 heterocycles. The van der Waals surface area contributed by atoms with Crippen LogP contribution in [0.5, 0.6) is 0 Å². The summed E-state index contributed by atoms with van der Waals surface area (Å²) < 4.78 is 44.3. The first-order valence-electron chi connectivity index (χ1n) is 6.03. The average molecular weight is 273 g/mol. The summed E-state index contributed by atoms with van der Waals surface area (Å²) in [6, 6.07) is 1.52. The second kappa shape index (κ2) is 4.51. The molecule has 3 nitrogen and oxygen atoms in total. The highest BCUT2D eigenvalue weighted by Crippen LogP contribution is 2.59. The van der Waals surface area contributed by atoms with Crippen molar-refractivity contribution in [3.05, 3.63) is 29.1 Å². The van der Waals surface area contributed by atoms with Crippen molar-refractivity contribution in [2.75, 3.05) is 6.61 Å². The molecule has 104 valence electrons. The van der Waals surface area contributed by atoms with Crippen LogP contribution in [0, 0.1) is 6.92 Å². The van der Waals surface area contributed by atoms with Crippen molar-refractivity contribution in [3.63, 3.8) is 0 Å². The largest absolute Gasteiger partial charge is 0.462 e. The van der Waals surface area contributed by atoms with E-state index in [0.29, 0.717) is 5.56 Å². The third-order valence-electron chi connectivity index (χ3n) is 3.38. The van der Waals surface area contributed by atoms with Crippen molar-refractivity contribution in [1.29, 1.82) is 0 Å². The third-order valence-corrected chi connectivity index (χ3v) is 3.38. The number of ether oxygens (including phenoxy) is 1. The molecule has 0 saturated heterocycles. The zero-order chi connectivity index (χ0) is 14.3. The Bertz CT molecular complexity index is 507. The highest BCUT2D eigenvalue weighted by atomic mass is 19.4. The first-order chi connectivity index (χ1) is 8.83.